The molecule has 9 heteroatoms. The molecule has 0 fully saturated rings. The van der Waals surface area contributed by atoms with E-state index in [4.69, 9.17) is 17.3 Å². The SMILES string of the molecule is Cc1cc(Br)cc(C)c1Cn1c(=O)n(CCCCCCCCCC[P+](c2ccccc2)(c2ccccc2)c2ccccc2)c2c(Cl)nc(N)nc21. The van der Waals surface area contributed by atoms with E-state index < -0.39 is 7.26 Å². The monoisotopic (exact) mass is 782 g/mol. The van der Waals surface area contributed by atoms with Gasteiger partial charge < -0.3 is 5.73 Å². The van der Waals surface area contributed by atoms with Crippen LogP contribution in [0.5, 0.6) is 0 Å². The van der Waals surface area contributed by atoms with Crippen molar-refractivity contribution in [2.45, 2.75) is 78.3 Å². The van der Waals surface area contributed by atoms with Crippen molar-refractivity contribution in [3.8, 4) is 0 Å². The van der Waals surface area contributed by atoms with Crippen molar-refractivity contribution in [3.05, 3.63) is 140 Å². The summed E-state index contributed by atoms with van der Waals surface area (Å²) in [4.78, 5) is 22.5. The molecule has 2 N–H and O–H groups in total. The van der Waals surface area contributed by atoms with E-state index in [1.54, 1.807) is 9.13 Å². The first-order chi connectivity index (χ1) is 24.8. The van der Waals surface area contributed by atoms with Gasteiger partial charge in [-0.15, -0.1) is 0 Å². The maximum atomic E-state index is 13.8. The van der Waals surface area contributed by atoms with Crippen molar-refractivity contribution in [3.63, 3.8) is 0 Å². The van der Waals surface area contributed by atoms with Gasteiger partial charge in [0.1, 0.15) is 28.7 Å². The Balaban J connectivity index is 1.04. The van der Waals surface area contributed by atoms with Gasteiger partial charge in [0.2, 0.25) is 5.95 Å². The first kappa shape index (κ1) is 37.0. The van der Waals surface area contributed by atoms with E-state index in [-0.39, 0.29) is 16.8 Å². The molecule has 0 aliphatic heterocycles. The summed E-state index contributed by atoms with van der Waals surface area (Å²) in [6.45, 7) is 5.08. The molecule has 2 aromatic heterocycles. The average Bonchev–Trinajstić information content (AvgIpc) is 3.39. The molecule has 0 unspecified atom stereocenters. The van der Waals surface area contributed by atoms with Gasteiger partial charge in [0.15, 0.2) is 10.8 Å². The van der Waals surface area contributed by atoms with Crippen LogP contribution in [0.15, 0.2) is 112 Å². The Labute approximate surface area is 315 Å². The van der Waals surface area contributed by atoms with Gasteiger partial charge in [0.25, 0.3) is 0 Å². The summed E-state index contributed by atoms with van der Waals surface area (Å²) in [6, 6.07) is 37.6. The zero-order valence-corrected chi connectivity index (χ0v) is 32.8. The third-order valence-corrected chi connectivity index (χ3v) is 15.3. The summed E-state index contributed by atoms with van der Waals surface area (Å²) in [5.74, 6) is 0.0652. The Bertz CT molecular complexity index is 2000. The van der Waals surface area contributed by atoms with Crippen LogP contribution in [0.2, 0.25) is 5.15 Å². The van der Waals surface area contributed by atoms with Crippen LogP contribution in [-0.4, -0.2) is 25.3 Å². The van der Waals surface area contributed by atoms with Gasteiger partial charge in [-0.05, 0) is 98.3 Å². The molecule has 6 aromatic rings. The highest BCUT2D eigenvalue weighted by atomic mass is 79.9. The molecule has 0 amide bonds. The van der Waals surface area contributed by atoms with E-state index in [0.29, 0.717) is 24.3 Å². The Morgan fingerprint density at radius 2 is 1.16 bits per heavy atom. The highest BCUT2D eigenvalue weighted by molar-refractivity contribution is 9.10. The zero-order chi connectivity index (χ0) is 35.8. The number of aryl methyl sites for hydroxylation is 3. The number of anilines is 1. The Hall–Kier alpha value is -3.77. The normalized spacial score (nSPS) is 11.8. The van der Waals surface area contributed by atoms with E-state index >= 15 is 0 Å². The number of halogens is 2. The molecule has 2 heterocycles. The summed E-state index contributed by atoms with van der Waals surface area (Å²) in [6.07, 6.45) is 10.3. The number of aromatic nitrogens is 4. The van der Waals surface area contributed by atoms with Crippen molar-refractivity contribution in [1.82, 2.24) is 19.1 Å². The van der Waals surface area contributed by atoms with Crippen LogP contribution in [0.3, 0.4) is 0 Å². The first-order valence-electron chi connectivity index (χ1n) is 18.0. The van der Waals surface area contributed by atoms with E-state index in [0.717, 1.165) is 40.4 Å². The second kappa shape index (κ2) is 17.2. The van der Waals surface area contributed by atoms with Gasteiger partial charge in [-0.1, -0.05) is 114 Å². The van der Waals surface area contributed by atoms with Gasteiger partial charge >= 0.3 is 5.69 Å². The predicted molar refractivity (Wildman–Crippen MR) is 221 cm³/mol. The summed E-state index contributed by atoms with van der Waals surface area (Å²) < 4.78 is 4.44. The lowest BCUT2D eigenvalue weighted by atomic mass is 10.0. The number of imidazole rings is 1. The van der Waals surface area contributed by atoms with Crippen molar-refractivity contribution in [2.75, 3.05) is 11.9 Å². The molecule has 0 aliphatic carbocycles. The number of nitrogens with zero attached hydrogens (tertiary/aromatic N) is 4. The Kier molecular flexibility index (Phi) is 12.5. The van der Waals surface area contributed by atoms with E-state index in [1.165, 1.54) is 54.2 Å². The first-order valence-corrected chi connectivity index (χ1v) is 21.2. The number of hydrogen-bond donors (Lipinski definition) is 1. The summed E-state index contributed by atoms with van der Waals surface area (Å²) in [5.41, 5.74) is 10.2. The standard InChI is InChI=1S/C42H47BrClN5OP/c1-31-28-33(43)29-32(2)37(31)30-49-40-38(39(44)46-41(45)47-40)48(42(49)50)26-18-7-5-3-4-6-8-19-27-51(34-20-12-9-13-21-34,35-22-14-10-15-23-35)36-24-16-11-17-25-36/h9-17,20-25,28-29H,3-8,18-19,26-27,30H2,1-2H3,(H2,45,46,47)/q+1. The van der Waals surface area contributed by atoms with Crippen LogP contribution in [0.25, 0.3) is 11.2 Å². The van der Waals surface area contributed by atoms with Gasteiger partial charge in [0.05, 0.1) is 12.7 Å². The fourth-order valence-electron chi connectivity index (χ4n) is 7.44. The van der Waals surface area contributed by atoms with Crippen molar-refractivity contribution in [2.24, 2.45) is 0 Å². The molecule has 51 heavy (non-hydrogen) atoms. The molecule has 6 nitrogen and oxygen atoms in total. The minimum atomic E-state index is -1.76. The lowest BCUT2D eigenvalue weighted by Gasteiger charge is -2.27. The summed E-state index contributed by atoms with van der Waals surface area (Å²) >= 11 is 10.2. The number of hydrogen-bond acceptors (Lipinski definition) is 4. The van der Waals surface area contributed by atoms with Gasteiger partial charge in [-0.25, -0.2) is 4.79 Å². The number of nitrogen functional groups attached to an aromatic ring is 1. The van der Waals surface area contributed by atoms with Crippen LogP contribution in [0, 0.1) is 13.8 Å². The minimum Gasteiger partial charge on any atom is -0.368 e. The highest BCUT2D eigenvalue weighted by Crippen LogP contribution is 2.56. The van der Waals surface area contributed by atoms with Crippen LogP contribution in [-0.2, 0) is 13.1 Å². The molecular formula is C42H47BrClN5OP+. The van der Waals surface area contributed by atoms with Crippen molar-refractivity contribution < 1.29 is 0 Å². The fourth-order valence-corrected chi connectivity index (χ4v) is 12.8. The molecule has 0 aliphatic rings. The maximum Gasteiger partial charge on any atom is 0.330 e. The predicted octanol–water partition coefficient (Wildman–Crippen LogP) is 9.37. The smallest absolute Gasteiger partial charge is 0.330 e. The lowest BCUT2D eigenvalue weighted by molar-refractivity contribution is 0.538. The number of rotatable bonds is 16. The Morgan fingerprint density at radius 3 is 1.67 bits per heavy atom. The van der Waals surface area contributed by atoms with Crippen molar-refractivity contribution >= 4 is 67.8 Å². The maximum absolute atomic E-state index is 13.8. The van der Waals surface area contributed by atoms with Gasteiger partial charge in [-0.2, -0.15) is 9.97 Å². The van der Waals surface area contributed by atoms with Crippen LogP contribution < -0.4 is 27.3 Å². The van der Waals surface area contributed by atoms with Gasteiger partial charge in [0, 0.05) is 11.0 Å². The third-order valence-electron chi connectivity index (χ3n) is 10.0. The zero-order valence-electron chi connectivity index (χ0n) is 29.6. The molecule has 0 radical (unpaired) electrons. The van der Waals surface area contributed by atoms with Crippen LogP contribution in [0.4, 0.5) is 5.95 Å². The van der Waals surface area contributed by atoms with E-state index in [2.05, 4.69) is 143 Å². The number of benzene rings is 4. The molecule has 0 bridgehead atoms. The minimum absolute atomic E-state index is 0.0652. The molecule has 4 aromatic carbocycles. The van der Waals surface area contributed by atoms with Crippen molar-refractivity contribution in [1.29, 1.82) is 0 Å². The van der Waals surface area contributed by atoms with Gasteiger partial charge in [-0.3, -0.25) is 9.13 Å². The highest BCUT2D eigenvalue weighted by Gasteiger charge is 2.44. The average molecular weight is 784 g/mol. The quantitative estimate of drug-likeness (QED) is 0.0603. The summed E-state index contributed by atoms with van der Waals surface area (Å²) in [7, 11) is -1.76. The second-order valence-corrected chi connectivity index (χ2v) is 18.3. The largest absolute Gasteiger partial charge is 0.368 e. The van der Waals surface area contributed by atoms with Crippen LogP contribution >= 0.6 is 34.8 Å². The molecule has 0 spiro atoms. The number of fused-ring (bicyclic) bond motifs is 1. The summed E-state index contributed by atoms with van der Waals surface area (Å²) in [5, 5.41) is 4.59. The Morgan fingerprint density at radius 1 is 0.686 bits per heavy atom. The molecule has 0 atom stereocenters. The third kappa shape index (κ3) is 8.32. The topological polar surface area (TPSA) is 78.7 Å². The van der Waals surface area contributed by atoms with Crippen LogP contribution in [0.1, 0.15) is 68.1 Å². The molecular weight excluding hydrogens is 737 g/mol. The van der Waals surface area contributed by atoms with E-state index in [1.807, 2.05) is 0 Å². The lowest BCUT2D eigenvalue weighted by Crippen LogP contribution is -2.33. The molecule has 6 rings (SSSR count). The van der Waals surface area contributed by atoms with E-state index in [9.17, 15) is 4.79 Å². The molecule has 264 valence electrons. The second-order valence-electron chi connectivity index (χ2n) is 13.5. The number of unbranched alkanes of at least 4 members (excludes halogenated alkanes) is 7. The number of nitrogens with two attached hydrogens (primary N) is 1. The molecule has 0 saturated heterocycles. The molecule has 0 saturated carbocycles. The fraction of sp³-hybridized carbons (Fsp3) is 0.310.